The van der Waals surface area contributed by atoms with Crippen LogP contribution in [0.25, 0.3) is 0 Å². The predicted octanol–water partition coefficient (Wildman–Crippen LogP) is 4.32. The van der Waals surface area contributed by atoms with Crippen molar-refractivity contribution < 1.29 is 14.3 Å². The molecule has 1 aliphatic carbocycles. The second-order valence-corrected chi connectivity index (χ2v) is 7.01. The lowest BCUT2D eigenvalue weighted by atomic mass is 10.0. The summed E-state index contributed by atoms with van der Waals surface area (Å²) in [6, 6.07) is 10.9. The van der Waals surface area contributed by atoms with Gasteiger partial charge in [0.25, 0.3) is 0 Å². The van der Waals surface area contributed by atoms with Crippen LogP contribution in [0.2, 0.25) is 5.02 Å². The maximum Gasteiger partial charge on any atom is 0.240 e. The van der Waals surface area contributed by atoms with Gasteiger partial charge in [-0.05, 0) is 49.9 Å². The molecule has 0 heterocycles. The Kier molecular flexibility index (Phi) is 4.92. The first kappa shape index (κ1) is 18.3. The SMILES string of the molecule is COc1cc(Cl)c(C)cc1NC(=O)C1(C(=O)Nc2ccccc2C)CC1. The number of para-hydroxylation sites is 1. The Hall–Kier alpha value is -2.53. The fraction of sp³-hybridized carbons (Fsp3) is 0.300. The summed E-state index contributed by atoms with van der Waals surface area (Å²) in [6.07, 6.45) is 1.04. The van der Waals surface area contributed by atoms with Gasteiger partial charge in [0.05, 0.1) is 12.8 Å². The first-order valence-electron chi connectivity index (χ1n) is 8.40. The van der Waals surface area contributed by atoms with Crippen LogP contribution in [0.15, 0.2) is 36.4 Å². The van der Waals surface area contributed by atoms with Crippen LogP contribution >= 0.6 is 11.6 Å². The zero-order valence-electron chi connectivity index (χ0n) is 15.0. The van der Waals surface area contributed by atoms with Crippen molar-refractivity contribution >= 4 is 34.8 Å². The number of carbonyl (C=O) groups excluding carboxylic acids is 2. The molecule has 0 spiro atoms. The second kappa shape index (κ2) is 7.00. The zero-order valence-corrected chi connectivity index (χ0v) is 15.7. The van der Waals surface area contributed by atoms with Gasteiger partial charge in [0.2, 0.25) is 11.8 Å². The summed E-state index contributed by atoms with van der Waals surface area (Å²) in [5.74, 6) is -0.151. The summed E-state index contributed by atoms with van der Waals surface area (Å²) in [4.78, 5) is 25.5. The molecule has 1 saturated carbocycles. The fourth-order valence-corrected chi connectivity index (χ4v) is 2.96. The lowest BCUT2D eigenvalue weighted by molar-refractivity contribution is -0.131. The largest absolute Gasteiger partial charge is 0.495 e. The van der Waals surface area contributed by atoms with Gasteiger partial charge >= 0.3 is 0 Å². The third-order valence-corrected chi connectivity index (χ3v) is 5.15. The maximum atomic E-state index is 12.8. The van der Waals surface area contributed by atoms with Crippen molar-refractivity contribution in [2.24, 2.45) is 5.41 Å². The Labute approximate surface area is 157 Å². The molecule has 0 aromatic heterocycles. The van der Waals surface area contributed by atoms with E-state index >= 15 is 0 Å². The number of anilines is 2. The monoisotopic (exact) mass is 372 g/mol. The van der Waals surface area contributed by atoms with Gasteiger partial charge in [-0.2, -0.15) is 0 Å². The van der Waals surface area contributed by atoms with Gasteiger partial charge in [0.1, 0.15) is 11.2 Å². The molecule has 1 fully saturated rings. The number of rotatable bonds is 5. The van der Waals surface area contributed by atoms with Crippen LogP contribution in [0, 0.1) is 19.3 Å². The summed E-state index contributed by atoms with van der Waals surface area (Å²) in [5.41, 5.74) is 1.95. The molecular formula is C20H21ClN2O3. The molecule has 2 aromatic rings. The van der Waals surface area contributed by atoms with Crippen LogP contribution in [0.5, 0.6) is 5.75 Å². The molecule has 0 saturated heterocycles. The van der Waals surface area contributed by atoms with Crippen LogP contribution in [0.3, 0.4) is 0 Å². The standard InChI is InChI=1S/C20H21ClN2O3/c1-12-6-4-5-7-15(12)22-18(24)20(8-9-20)19(25)23-16-10-13(2)14(21)11-17(16)26-3/h4-7,10-11H,8-9H2,1-3H3,(H,22,24)(H,23,25). The highest BCUT2D eigenvalue weighted by molar-refractivity contribution is 6.31. The normalized spacial score (nSPS) is 14.5. The Balaban J connectivity index is 1.78. The molecule has 2 N–H and O–H groups in total. The number of hydrogen-bond donors (Lipinski definition) is 2. The molecule has 0 unspecified atom stereocenters. The molecule has 0 radical (unpaired) electrons. The number of carbonyl (C=O) groups is 2. The van der Waals surface area contributed by atoms with Crippen molar-refractivity contribution in [3.05, 3.63) is 52.5 Å². The van der Waals surface area contributed by atoms with E-state index < -0.39 is 5.41 Å². The molecule has 2 amide bonds. The quantitative estimate of drug-likeness (QED) is 0.768. The molecule has 3 rings (SSSR count). The molecule has 2 aromatic carbocycles. The number of amides is 2. The summed E-state index contributed by atoms with van der Waals surface area (Å²) >= 11 is 6.10. The van der Waals surface area contributed by atoms with Gasteiger partial charge in [-0.25, -0.2) is 0 Å². The van der Waals surface area contributed by atoms with Gasteiger partial charge in [0, 0.05) is 16.8 Å². The lowest BCUT2D eigenvalue weighted by Crippen LogP contribution is -2.35. The van der Waals surface area contributed by atoms with Crippen LogP contribution in [0.1, 0.15) is 24.0 Å². The molecule has 0 bridgehead atoms. The summed E-state index contributed by atoms with van der Waals surface area (Å²) < 4.78 is 5.29. The zero-order chi connectivity index (χ0) is 18.9. The second-order valence-electron chi connectivity index (χ2n) is 6.61. The molecule has 136 valence electrons. The molecule has 0 atom stereocenters. The predicted molar refractivity (Wildman–Crippen MR) is 103 cm³/mol. The van der Waals surface area contributed by atoms with E-state index in [1.807, 2.05) is 38.1 Å². The Morgan fingerprint density at radius 1 is 1.00 bits per heavy atom. The van der Waals surface area contributed by atoms with E-state index in [0.29, 0.717) is 29.3 Å². The minimum absolute atomic E-state index is 0.283. The van der Waals surface area contributed by atoms with Crippen LogP contribution < -0.4 is 15.4 Å². The Morgan fingerprint density at radius 3 is 2.19 bits per heavy atom. The number of nitrogens with one attached hydrogen (secondary N) is 2. The Morgan fingerprint density at radius 2 is 1.62 bits per heavy atom. The van der Waals surface area contributed by atoms with E-state index in [1.54, 1.807) is 12.1 Å². The molecule has 1 aliphatic rings. The minimum atomic E-state index is -1.04. The van der Waals surface area contributed by atoms with Crippen molar-refractivity contribution in [1.29, 1.82) is 0 Å². The Bertz CT molecular complexity index is 875. The van der Waals surface area contributed by atoms with E-state index in [-0.39, 0.29) is 11.8 Å². The van der Waals surface area contributed by atoms with Gasteiger partial charge in [-0.3, -0.25) is 9.59 Å². The number of methoxy groups -OCH3 is 1. The van der Waals surface area contributed by atoms with E-state index in [0.717, 1.165) is 16.8 Å². The van der Waals surface area contributed by atoms with E-state index in [4.69, 9.17) is 16.3 Å². The van der Waals surface area contributed by atoms with E-state index in [9.17, 15) is 9.59 Å². The number of halogens is 1. The van der Waals surface area contributed by atoms with Crippen molar-refractivity contribution in [1.82, 2.24) is 0 Å². The average Bonchev–Trinajstić information content (AvgIpc) is 3.42. The smallest absolute Gasteiger partial charge is 0.240 e. The molecule has 5 nitrogen and oxygen atoms in total. The number of ether oxygens (including phenoxy) is 1. The van der Waals surface area contributed by atoms with Crippen LogP contribution in [-0.2, 0) is 9.59 Å². The van der Waals surface area contributed by atoms with E-state index in [2.05, 4.69) is 10.6 Å². The number of aryl methyl sites for hydroxylation is 2. The van der Waals surface area contributed by atoms with E-state index in [1.165, 1.54) is 7.11 Å². The summed E-state index contributed by atoms with van der Waals surface area (Å²) in [6.45, 7) is 3.76. The number of benzene rings is 2. The van der Waals surface area contributed by atoms with Crippen molar-refractivity contribution in [2.75, 3.05) is 17.7 Å². The maximum absolute atomic E-state index is 12.8. The van der Waals surface area contributed by atoms with Crippen molar-refractivity contribution in [2.45, 2.75) is 26.7 Å². The summed E-state index contributed by atoms with van der Waals surface area (Å²) in [5, 5.41) is 6.26. The van der Waals surface area contributed by atoms with Crippen molar-refractivity contribution in [3.63, 3.8) is 0 Å². The van der Waals surface area contributed by atoms with Crippen molar-refractivity contribution in [3.8, 4) is 5.75 Å². The average molecular weight is 373 g/mol. The highest BCUT2D eigenvalue weighted by Gasteiger charge is 2.56. The fourth-order valence-electron chi connectivity index (χ4n) is 2.81. The molecule has 0 aliphatic heterocycles. The van der Waals surface area contributed by atoms with Gasteiger partial charge in [-0.1, -0.05) is 29.8 Å². The van der Waals surface area contributed by atoms with Crippen LogP contribution in [0.4, 0.5) is 11.4 Å². The number of hydrogen-bond acceptors (Lipinski definition) is 3. The highest BCUT2D eigenvalue weighted by atomic mass is 35.5. The molecule has 6 heteroatoms. The van der Waals surface area contributed by atoms with Crippen LogP contribution in [-0.4, -0.2) is 18.9 Å². The topological polar surface area (TPSA) is 67.4 Å². The first-order chi connectivity index (χ1) is 12.4. The molecule has 26 heavy (non-hydrogen) atoms. The van der Waals surface area contributed by atoms with Gasteiger partial charge in [-0.15, -0.1) is 0 Å². The third kappa shape index (κ3) is 3.40. The molecular weight excluding hydrogens is 352 g/mol. The minimum Gasteiger partial charge on any atom is -0.495 e. The van der Waals surface area contributed by atoms with Gasteiger partial charge < -0.3 is 15.4 Å². The first-order valence-corrected chi connectivity index (χ1v) is 8.78. The van der Waals surface area contributed by atoms with Gasteiger partial charge in [0.15, 0.2) is 0 Å². The third-order valence-electron chi connectivity index (χ3n) is 4.74. The highest BCUT2D eigenvalue weighted by Crippen LogP contribution is 2.48. The summed E-state index contributed by atoms with van der Waals surface area (Å²) in [7, 11) is 1.51. The lowest BCUT2D eigenvalue weighted by Gasteiger charge is -2.18.